The lowest BCUT2D eigenvalue weighted by Crippen LogP contribution is -2.39. The van der Waals surface area contributed by atoms with Crippen molar-refractivity contribution in [2.24, 2.45) is 5.41 Å². The molecule has 3 rings (SSSR count). The summed E-state index contributed by atoms with van der Waals surface area (Å²) in [7, 11) is 0. The van der Waals surface area contributed by atoms with Gasteiger partial charge in [0.25, 0.3) is 5.91 Å². The average molecular weight is 261 g/mol. The lowest BCUT2D eigenvalue weighted by atomic mass is 9.86. The van der Waals surface area contributed by atoms with Crippen LogP contribution >= 0.6 is 12.4 Å². The van der Waals surface area contributed by atoms with Gasteiger partial charge in [-0.2, -0.15) is 0 Å². The first-order valence-corrected chi connectivity index (χ1v) is 6.40. The number of carbonyl (C=O) groups excluding carboxylic acids is 1. The van der Waals surface area contributed by atoms with E-state index in [9.17, 15) is 4.79 Å². The predicted octanol–water partition coefficient (Wildman–Crippen LogP) is 0.799. The second kappa shape index (κ2) is 5.12. The van der Waals surface area contributed by atoms with E-state index in [1.54, 1.807) is 0 Å². The zero-order valence-corrected chi connectivity index (χ0v) is 10.9. The van der Waals surface area contributed by atoms with E-state index in [0.29, 0.717) is 5.41 Å². The van der Waals surface area contributed by atoms with Crippen LogP contribution in [0.1, 0.15) is 25.7 Å². The van der Waals surface area contributed by atoms with Gasteiger partial charge in [0.2, 0.25) is 0 Å². The van der Waals surface area contributed by atoms with Crippen LogP contribution in [-0.4, -0.2) is 49.7 Å². The maximum atomic E-state index is 12.2. The Morgan fingerprint density at radius 1 is 1.41 bits per heavy atom. The topological polar surface area (TPSA) is 41.6 Å². The number of likely N-dealkylation sites (tertiary alicyclic amines) is 1. The van der Waals surface area contributed by atoms with Crippen LogP contribution in [0.15, 0.2) is 0 Å². The molecule has 0 aromatic heterocycles. The maximum absolute atomic E-state index is 12.2. The summed E-state index contributed by atoms with van der Waals surface area (Å²) in [6.07, 6.45) is 4.21. The molecule has 1 unspecified atom stereocenters. The number of amides is 1. The van der Waals surface area contributed by atoms with Crippen LogP contribution in [0.4, 0.5) is 0 Å². The molecule has 3 aliphatic heterocycles. The van der Waals surface area contributed by atoms with Crippen LogP contribution in [0.25, 0.3) is 0 Å². The minimum absolute atomic E-state index is 0. The minimum atomic E-state index is -0.135. The summed E-state index contributed by atoms with van der Waals surface area (Å²) in [5.74, 6) is 0.237. The van der Waals surface area contributed by atoms with E-state index in [0.717, 1.165) is 45.6 Å². The van der Waals surface area contributed by atoms with Gasteiger partial charge in [-0.15, -0.1) is 12.4 Å². The van der Waals surface area contributed by atoms with Gasteiger partial charge in [0.15, 0.2) is 0 Å². The average Bonchev–Trinajstić information content (AvgIpc) is 3.01. The van der Waals surface area contributed by atoms with Crippen LogP contribution in [0.2, 0.25) is 0 Å². The molecule has 17 heavy (non-hydrogen) atoms. The minimum Gasteiger partial charge on any atom is -0.368 e. The van der Waals surface area contributed by atoms with Gasteiger partial charge in [-0.05, 0) is 32.2 Å². The van der Waals surface area contributed by atoms with Crippen molar-refractivity contribution in [1.29, 1.82) is 0 Å². The molecule has 0 saturated carbocycles. The molecule has 98 valence electrons. The van der Waals surface area contributed by atoms with Crippen molar-refractivity contribution in [3.63, 3.8) is 0 Å². The molecule has 0 aromatic carbocycles. The number of nitrogens with zero attached hydrogens (tertiary/aromatic N) is 1. The second-order valence-electron chi connectivity index (χ2n) is 5.44. The lowest BCUT2D eigenvalue weighted by molar-refractivity contribution is -0.140. The molecular formula is C12H21ClN2O2. The van der Waals surface area contributed by atoms with Gasteiger partial charge in [-0.25, -0.2) is 0 Å². The quantitative estimate of drug-likeness (QED) is 0.758. The molecule has 0 aromatic rings. The van der Waals surface area contributed by atoms with E-state index >= 15 is 0 Å². The fraction of sp³-hybridized carbons (Fsp3) is 0.917. The monoisotopic (exact) mass is 260 g/mol. The third-order valence-electron chi connectivity index (χ3n) is 4.29. The Hall–Kier alpha value is -0.320. The number of rotatable bonds is 1. The highest BCUT2D eigenvalue weighted by atomic mass is 35.5. The Kier molecular flexibility index (Phi) is 3.95. The molecule has 5 heteroatoms. The molecule has 3 fully saturated rings. The Labute approximate surface area is 108 Å². The van der Waals surface area contributed by atoms with E-state index < -0.39 is 0 Å². The van der Waals surface area contributed by atoms with Crippen molar-refractivity contribution in [1.82, 2.24) is 10.2 Å². The Morgan fingerprint density at radius 3 is 2.94 bits per heavy atom. The Balaban J connectivity index is 0.00000108. The summed E-state index contributed by atoms with van der Waals surface area (Å²) in [5, 5.41) is 3.41. The van der Waals surface area contributed by atoms with Gasteiger partial charge in [0, 0.05) is 31.7 Å². The lowest BCUT2D eigenvalue weighted by Gasteiger charge is -2.24. The number of hydrogen-bond acceptors (Lipinski definition) is 3. The van der Waals surface area contributed by atoms with Crippen molar-refractivity contribution in [3.05, 3.63) is 0 Å². The Morgan fingerprint density at radius 2 is 2.29 bits per heavy atom. The third-order valence-corrected chi connectivity index (χ3v) is 4.29. The van der Waals surface area contributed by atoms with Gasteiger partial charge in [0.1, 0.15) is 6.10 Å². The standard InChI is InChI=1S/C12H20N2O2.ClH/c15-11(10-2-1-7-16-10)14-6-4-12(9-14)3-5-13-8-12;/h10,13H,1-9H2;1H/t10-,12?;/m1./s1. The zero-order valence-electron chi connectivity index (χ0n) is 10.1. The van der Waals surface area contributed by atoms with E-state index in [2.05, 4.69) is 5.32 Å². The molecular weight excluding hydrogens is 240 g/mol. The molecule has 3 aliphatic rings. The van der Waals surface area contributed by atoms with Crippen molar-refractivity contribution in [2.45, 2.75) is 31.8 Å². The summed E-state index contributed by atoms with van der Waals surface area (Å²) in [6, 6.07) is 0. The fourth-order valence-electron chi connectivity index (χ4n) is 3.24. The van der Waals surface area contributed by atoms with E-state index in [1.165, 1.54) is 12.8 Å². The molecule has 0 radical (unpaired) electrons. The van der Waals surface area contributed by atoms with Crippen molar-refractivity contribution in [2.75, 3.05) is 32.8 Å². The number of ether oxygens (including phenoxy) is 1. The molecule has 3 heterocycles. The molecule has 0 aliphatic carbocycles. The molecule has 1 N–H and O–H groups in total. The van der Waals surface area contributed by atoms with Gasteiger partial charge < -0.3 is 15.0 Å². The largest absolute Gasteiger partial charge is 0.368 e. The summed E-state index contributed by atoms with van der Waals surface area (Å²) in [5.41, 5.74) is 0.383. The summed E-state index contributed by atoms with van der Waals surface area (Å²) < 4.78 is 5.47. The van der Waals surface area contributed by atoms with Crippen molar-refractivity contribution in [3.8, 4) is 0 Å². The first kappa shape index (κ1) is 13.1. The highest BCUT2D eigenvalue weighted by Crippen LogP contribution is 2.36. The maximum Gasteiger partial charge on any atom is 0.251 e. The van der Waals surface area contributed by atoms with E-state index in [-0.39, 0.29) is 24.4 Å². The molecule has 0 bridgehead atoms. The van der Waals surface area contributed by atoms with Crippen LogP contribution in [-0.2, 0) is 9.53 Å². The predicted molar refractivity (Wildman–Crippen MR) is 67.3 cm³/mol. The van der Waals surface area contributed by atoms with Crippen LogP contribution in [0.5, 0.6) is 0 Å². The van der Waals surface area contributed by atoms with Gasteiger partial charge in [-0.1, -0.05) is 0 Å². The van der Waals surface area contributed by atoms with E-state index in [4.69, 9.17) is 4.74 Å². The first-order valence-electron chi connectivity index (χ1n) is 6.40. The summed E-state index contributed by atoms with van der Waals surface area (Å²) in [6.45, 7) is 4.83. The zero-order chi connectivity index (χ0) is 11.0. The molecule has 1 amide bonds. The van der Waals surface area contributed by atoms with Gasteiger partial charge in [0.05, 0.1) is 0 Å². The van der Waals surface area contributed by atoms with Crippen LogP contribution in [0, 0.1) is 5.41 Å². The molecule has 3 saturated heterocycles. The summed E-state index contributed by atoms with van der Waals surface area (Å²) in [4.78, 5) is 14.2. The van der Waals surface area contributed by atoms with Crippen molar-refractivity contribution >= 4 is 18.3 Å². The molecule has 4 nitrogen and oxygen atoms in total. The van der Waals surface area contributed by atoms with Crippen LogP contribution in [0.3, 0.4) is 0 Å². The van der Waals surface area contributed by atoms with Gasteiger partial charge >= 0.3 is 0 Å². The van der Waals surface area contributed by atoms with Gasteiger partial charge in [-0.3, -0.25) is 4.79 Å². The number of carbonyl (C=O) groups is 1. The van der Waals surface area contributed by atoms with E-state index in [1.807, 2.05) is 4.90 Å². The second-order valence-corrected chi connectivity index (χ2v) is 5.44. The number of nitrogens with one attached hydrogen (secondary N) is 1. The number of hydrogen-bond donors (Lipinski definition) is 1. The summed E-state index contributed by atoms with van der Waals surface area (Å²) >= 11 is 0. The first-order chi connectivity index (χ1) is 7.79. The molecule has 1 spiro atoms. The highest BCUT2D eigenvalue weighted by Gasteiger charge is 2.43. The normalized spacial score (nSPS) is 36.5. The third kappa shape index (κ3) is 2.44. The highest BCUT2D eigenvalue weighted by molar-refractivity contribution is 5.85. The smallest absolute Gasteiger partial charge is 0.251 e. The van der Waals surface area contributed by atoms with Crippen LogP contribution < -0.4 is 5.32 Å². The fourth-order valence-corrected chi connectivity index (χ4v) is 3.24. The Bertz CT molecular complexity index is 286. The molecule has 2 atom stereocenters. The van der Waals surface area contributed by atoms with Crippen molar-refractivity contribution < 1.29 is 9.53 Å². The SMILES string of the molecule is Cl.O=C([C@H]1CCCO1)N1CCC2(CCNC2)C1. The number of halogens is 1.